The molecular formula is C28H32N8O. The first-order valence-corrected chi connectivity index (χ1v) is 13.4. The molecule has 2 aromatic heterocycles. The van der Waals surface area contributed by atoms with Crippen molar-refractivity contribution in [3.05, 3.63) is 65.7 Å². The van der Waals surface area contributed by atoms with Crippen LogP contribution in [0.25, 0.3) is 22.5 Å². The molecule has 2 aliphatic carbocycles. The number of hydrogen-bond donors (Lipinski definition) is 2. The van der Waals surface area contributed by atoms with E-state index >= 15 is 0 Å². The van der Waals surface area contributed by atoms with Crippen molar-refractivity contribution >= 4 is 5.91 Å². The lowest BCUT2D eigenvalue weighted by Crippen LogP contribution is -2.33. The Kier molecular flexibility index (Phi) is 6.75. The minimum absolute atomic E-state index is 0.142. The number of nitrogens with zero attached hydrogens (tertiary/aromatic N) is 6. The second-order valence-electron chi connectivity index (χ2n) is 10.2. The first-order valence-electron chi connectivity index (χ1n) is 13.4. The van der Waals surface area contributed by atoms with Crippen LogP contribution in [-0.4, -0.2) is 47.3 Å². The molecule has 9 nitrogen and oxygen atoms in total. The Morgan fingerprint density at radius 3 is 2.38 bits per heavy atom. The van der Waals surface area contributed by atoms with Crippen LogP contribution in [0.4, 0.5) is 0 Å². The molecule has 2 heterocycles. The highest BCUT2D eigenvalue weighted by molar-refractivity contribution is 5.90. The number of carbonyl (C=O) groups is 1. The molecule has 37 heavy (non-hydrogen) atoms. The SMILES string of the molecule is O=C(NC1CCCC1)c1nc(Cc2ccc(-c3ccccc3-c3nn[nH]n3)cc2)n(C2CCCCC2)n1. The normalized spacial score (nSPS) is 16.8. The Balaban J connectivity index is 1.25. The number of nitrogens with one attached hydrogen (secondary N) is 2. The number of aromatic amines is 1. The molecule has 0 atom stereocenters. The standard InChI is InChI=1S/C28H32N8O/c37-28(29-21-8-4-5-9-21)27-30-25(36(33-27)22-10-2-1-3-11-22)18-19-14-16-20(17-15-19)23-12-6-7-13-24(23)26-31-34-35-32-26/h6-7,12-17,21-22H,1-5,8-11,18H2,(H,29,37)(H,31,32,34,35). The van der Waals surface area contributed by atoms with Gasteiger partial charge in [-0.2, -0.15) is 5.21 Å². The zero-order chi connectivity index (χ0) is 25.0. The van der Waals surface area contributed by atoms with Crippen molar-refractivity contribution in [1.82, 2.24) is 40.7 Å². The van der Waals surface area contributed by atoms with Gasteiger partial charge in [-0.05, 0) is 47.6 Å². The molecular weight excluding hydrogens is 464 g/mol. The van der Waals surface area contributed by atoms with Gasteiger partial charge in [-0.3, -0.25) is 4.79 Å². The third-order valence-electron chi connectivity index (χ3n) is 7.66. The maximum Gasteiger partial charge on any atom is 0.291 e. The summed E-state index contributed by atoms with van der Waals surface area (Å²) in [6, 6.07) is 17.1. The van der Waals surface area contributed by atoms with Crippen molar-refractivity contribution in [2.75, 3.05) is 0 Å². The van der Waals surface area contributed by atoms with Crippen molar-refractivity contribution in [1.29, 1.82) is 0 Å². The third kappa shape index (κ3) is 5.16. The van der Waals surface area contributed by atoms with Gasteiger partial charge in [0.2, 0.25) is 11.6 Å². The molecule has 0 bridgehead atoms. The highest BCUT2D eigenvalue weighted by Crippen LogP contribution is 2.31. The lowest BCUT2D eigenvalue weighted by Gasteiger charge is -2.23. The summed E-state index contributed by atoms with van der Waals surface area (Å²) < 4.78 is 2.04. The summed E-state index contributed by atoms with van der Waals surface area (Å²) in [7, 11) is 0. The Morgan fingerprint density at radius 1 is 0.919 bits per heavy atom. The highest BCUT2D eigenvalue weighted by Gasteiger charge is 2.25. The molecule has 2 aromatic carbocycles. The van der Waals surface area contributed by atoms with Gasteiger partial charge in [-0.1, -0.05) is 80.6 Å². The van der Waals surface area contributed by atoms with Gasteiger partial charge >= 0.3 is 0 Å². The smallest absolute Gasteiger partial charge is 0.291 e. The second-order valence-corrected chi connectivity index (χ2v) is 10.2. The second kappa shape index (κ2) is 10.6. The summed E-state index contributed by atoms with van der Waals surface area (Å²) in [5, 5.41) is 22.4. The average molecular weight is 497 g/mol. The van der Waals surface area contributed by atoms with Crippen molar-refractivity contribution in [3.8, 4) is 22.5 Å². The van der Waals surface area contributed by atoms with Crippen LogP contribution in [0, 0.1) is 0 Å². The first kappa shape index (κ1) is 23.5. The number of benzene rings is 2. The van der Waals surface area contributed by atoms with E-state index < -0.39 is 0 Å². The molecule has 2 aliphatic rings. The fraction of sp³-hybridized carbons (Fsp3) is 0.429. The molecule has 6 rings (SSSR count). The zero-order valence-electron chi connectivity index (χ0n) is 20.9. The molecule has 0 saturated heterocycles. The van der Waals surface area contributed by atoms with Gasteiger partial charge in [0.05, 0.1) is 6.04 Å². The number of amides is 1. The third-order valence-corrected chi connectivity index (χ3v) is 7.66. The molecule has 0 aliphatic heterocycles. The fourth-order valence-electron chi connectivity index (χ4n) is 5.70. The number of tetrazole rings is 1. The van der Waals surface area contributed by atoms with E-state index in [0.29, 0.717) is 24.1 Å². The van der Waals surface area contributed by atoms with Gasteiger partial charge in [0.25, 0.3) is 5.91 Å². The monoisotopic (exact) mass is 496 g/mol. The molecule has 0 spiro atoms. The average Bonchev–Trinajstić information content (AvgIpc) is 3.73. The van der Waals surface area contributed by atoms with E-state index in [1.165, 1.54) is 32.1 Å². The van der Waals surface area contributed by atoms with Crippen LogP contribution in [0.2, 0.25) is 0 Å². The molecule has 0 radical (unpaired) electrons. The number of carbonyl (C=O) groups excluding carboxylic acids is 1. The quantitative estimate of drug-likeness (QED) is 0.376. The van der Waals surface area contributed by atoms with Gasteiger partial charge in [0, 0.05) is 18.0 Å². The van der Waals surface area contributed by atoms with E-state index in [0.717, 1.165) is 53.8 Å². The van der Waals surface area contributed by atoms with E-state index in [4.69, 9.17) is 10.1 Å². The Labute approximate surface area is 216 Å². The molecule has 2 saturated carbocycles. The van der Waals surface area contributed by atoms with Crippen LogP contribution in [-0.2, 0) is 6.42 Å². The maximum atomic E-state index is 13.0. The van der Waals surface area contributed by atoms with Gasteiger partial charge < -0.3 is 5.32 Å². The van der Waals surface area contributed by atoms with Gasteiger partial charge in [0.15, 0.2) is 0 Å². The molecule has 4 aromatic rings. The van der Waals surface area contributed by atoms with Crippen molar-refractivity contribution in [2.45, 2.75) is 76.3 Å². The predicted molar refractivity (Wildman–Crippen MR) is 140 cm³/mol. The van der Waals surface area contributed by atoms with Crippen molar-refractivity contribution in [3.63, 3.8) is 0 Å². The topological polar surface area (TPSA) is 114 Å². The van der Waals surface area contributed by atoms with E-state index in [9.17, 15) is 4.79 Å². The van der Waals surface area contributed by atoms with Crippen LogP contribution in [0.3, 0.4) is 0 Å². The van der Waals surface area contributed by atoms with Crippen LogP contribution < -0.4 is 5.32 Å². The lowest BCUT2D eigenvalue weighted by molar-refractivity contribution is 0.0926. The van der Waals surface area contributed by atoms with Crippen molar-refractivity contribution < 1.29 is 4.79 Å². The molecule has 2 N–H and O–H groups in total. The fourth-order valence-corrected chi connectivity index (χ4v) is 5.70. The summed E-state index contributed by atoms with van der Waals surface area (Å²) in [6.45, 7) is 0. The summed E-state index contributed by atoms with van der Waals surface area (Å²) in [6.07, 6.45) is 10.9. The maximum absolute atomic E-state index is 13.0. The lowest BCUT2D eigenvalue weighted by atomic mass is 9.95. The summed E-state index contributed by atoms with van der Waals surface area (Å²) in [5.41, 5.74) is 4.19. The van der Waals surface area contributed by atoms with Gasteiger partial charge in [-0.25, -0.2) is 9.67 Å². The summed E-state index contributed by atoms with van der Waals surface area (Å²) in [4.78, 5) is 17.7. The minimum Gasteiger partial charge on any atom is -0.347 e. The summed E-state index contributed by atoms with van der Waals surface area (Å²) in [5.74, 6) is 1.60. The number of aromatic nitrogens is 7. The van der Waals surface area contributed by atoms with E-state index in [2.05, 4.69) is 56.3 Å². The van der Waals surface area contributed by atoms with Crippen molar-refractivity contribution in [2.24, 2.45) is 0 Å². The van der Waals surface area contributed by atoms with Crippen LogP contribution in [0.15, 0.2) is 48.5 Å². The number of hydrogen-bond acceptors (Lipinski definition) is 6. The molecule has 0 unspecified atom stereocenters. The Morgan fingerprint density at radius 2 is 1.65 bits per heavy atom. The zero-order valence-corrected chi connectivity index (χ0v) is 20.9. The molecule has 9 heteroatoms. The first-order chi connectivity index (χ1) is 18.2. The van der Waals surface area contributed by atoms with E-state index in [-0.39, 0.29) is 11.9 Å². The minimum atomic E-state index is -0.142. The molecule has 1 amide bonds. The molecule has 2 fully saturated rings. The van der Waals surface area contributed by atoms with Crippen LogP contribution in [0.5, 0.6) is 0 Å². The largest absolute Gasteiger partial charge is 0.347 e. The predicted octanol–water partition coefficient (Wildman–Crippen LogP) is 4.89. The Bertz CT molecular complexity index is 1330. The number of H-pyrrole nitrogens is 1. The molecule has 190 valence electrons. The van der Waals surface area contributed by atoms with Crippen LogP contribution in [0.1, 0.15) is 85.8 Å². The van der Waals surface area contributed by atoms with Gasteiger partial charge in [0.1, 0.15) is 5.82 Å². The van der Waals surface area contributed by atoms with E-state index in [1.54, 1.807) is 0 Å². The van der Waals surface area contributed by atoms with Gasteiger partial charge in [-0.15, -0.1) is 15.3 Å². The number of rotatable bonds is 7. The van der Waals surface area contributed by atoms with Crippen LogP contribution >= 0.6 is 0 Å². The Hall–Kier alpha value is -3.88. The van der Waals surface area contributed by atoms with E-state index in [1.807, 2.05) is 22.9 Å². The highest BCUT2D eigenvalue weighted by atomic mass is 16.2. The summed E-state index contributed by atoms with van der Waals surface area (Å²) >= 11 is 0.